The molecule has 0 saturated heterocycles. The summed E-state index contributed by atoms with van der Waals surface area (Å²) in [6.45, 7) is 2.62. The van der Waals surface area contributed by atoms with Crippen molar-refractivity contribution in [1.82, 2.24) is 10.3 Å². The Labute approximate surface area is 209 Å². The monoisotopic (exact) mass is 534 g/mol. The average molecular weight is 534 g/mol. The predicted molar refractivity (Wildman–Crippen MR) is 123 cm³/mol. The van der Waals surface area contributed by atoms with Crippen LogP contribution in [-0.4, -0.2) is 61.5 Å². The van der Waals surface area contributed by atoms with Crippen LogP contribution in [0.2, 0.25) is 0 Å². The fraction of sp³-hybridized carbons (Fsp3) is 0.435. The van der Waals surface area contributed by atoms with E-state index in [0.29, 0.717) is 0 Å². The fourth-order valence-electron chi connectivity index (χ4n) is 3.11. The topological polar surface area (TPSA) is 114 Å². The molecule has 0 saturated carbocycles. The molecule has 37 heavy (non-hydrogen) atoms. The van der Waals surface area contributed by atoms with Crippen LogP contribution < -0.4 is 10.6 Å². The number of carbonyl (C=O) groups excluding carboxylic acids is 1. The highest BCUT2D eigenvalue weighted by Gasteiger charge is 2.40. The summed E-state index contributed by atoms with van der Waals surface area (Å²) < 4.78 is 81.5. The van der Waals surface area contributed by atoms with Gasteiger partial charge in [-0.3, -0.25) is 15.1 Å². The van der Waals surface area contributed by atoms with Crippen molar-refractivity contribution in [3.63, 3.8) is 0 Å². The maximum absolute atomic E-state index is 14.9. The third-order valence-electron chi connectivity index (χ3n) is 5.12. The number of hydrogen-bond donors (Lipinski definition) is 3. The molecule has 204 valence electrons. The van der Waals surface area contributed by atoms with Crippen LogP contribution in [0, 0.1) is 5.82 Å². The number of allylic oxidation sites excluding steroid dienone is 3. The van der Waals surface area contributed by atoms with Gasteiger partial charge in [0, 0.05) is 20.1 Å². The molecule has 0 radical (unpaired) electrons. The lowest BCUT2D eigenvalue weighted by atomic mass is 9.93. The van der Waals surface area contributed by atoms with Crippen LogP contribution in [0.3, 0.4) is 0 Å². The fourth-order valence-corrected chi connectivity index (χ4v) is 3.11. The van der Waals surface area contributed by atoms with Crippen molar-refractivity contribution >= 4 is 17.9 Å². The molecular weight excluding hydrogens is 507 g/mol. The number of rotatable bonds is 11. The minimum atomic E-state index is -4.90. The summed E-state index contributed by atoms with van der Waals surface area (Å²) in [5.41, 5.74) is -2.36. The van der Waals surface area contributed by atoms with Gasteiger partial charge in [0.25, 0.3) is 5.91 Å². The molecule has 0 spiro atoms. The average Bonchev–Trinajstić information content (AvgIpc) is 2.83. The van der Waals surface area contributed by atoms with Crippen LogP contribution in [0.1, 0.15) is 32.2 Å². The van der Waals surface area contributed by atoms with Gasteiger partial charge in [-0.25, -0.2) is 13.8 Å². The number of aliphatic hydroxyl groups excluding tert-OH is 1. The standard InChI is InChI=1S/C23H27F5N4O5/c1-5-30-11-16(25)14(20(33)32-18-9-7-15(24)19(31-18)21(34)29-3)12-36-17-8-6-13(37-23(26,27)28)10-22(17,2)35-4/h6-9,11,21,29,34H,5,10,12H2,1-4H3,(H,31,32,33)/b16-14-,30-11?. The Balaban J connectivity index is 2.31. The third-order valence-corrected chi connectivity index (χ3v) is 5.12. The number of nitrogens with zero attached hydrogens (tertiary/aromatic N) is 2. The first-order valence-corrected chi connectivity index (χ1v) is 10.9. The number of carbonyl (C=O) groups is 1. The summed E-state index contributed by atoms with van der Waals surface area (Å²) in [7, 11) is 2.60. The molecular formula is C23H27F5N4O5. The minimum absolute atomic E-state index is 0.00870. The van der Waals surface area contributed by atoms with Gasteiger partial charge in [0.15, 0.2) is 12.1 Å². The van der Waals surface area contributed by atoms with Gasteiger partial charge < -0.3 is 24.6 Å². The van der Waals surface area contributed by atoms with E-state index in [2.05, 4.69) is 25.3 Å². The lowest BCUT2D eigenvalue weighted by Crippen LogP contribution is -2.35. The first kappa shape index (κ1) is 29.9. The molecule has 0 bridgehead atoms. The molecule has 2 rings (SSSR count). The first-order valence-electron chi connectivity index (χ1n) is 10.9. The summed E-state index contributed by atoms with van der Waals surface area (Å²) in [5.74, 6) is -3.52. The lowest BCUT2D eigenvalue weighted by molar-refractivity contribution is -0.308. The molecule has 0 fully saturated rings. The molecule has 1 heterocycles. The molecule has 1 aliphatic rings. The Kier molecular flexibility index (Phi) is 10.3. The van der Waals surface area contributed by atoms with Gasteiger partial charge in [0.1, 0.15) is 41.1 Å². The largest absolute Gasteiger partial charge is 0.572 e. The van der Waals surface area contributed by atoms with Crippen molar-refractivity contribution in [3.8, 4) is 0 Å². The second-order valence-electron chi connectivity index (χ2n) is 7.78. The number of alkyl halides is 3. The van der Waals surface area contributed by atoms with Crippen molar-refractivity contribution < 1.29 is 46.1 Å². The summed E-state index contributed by atoms with van der Waals surface area (Å²) in [5, 5.41) is 14.5. The van der Waals surface area contributed by atoms with Crippen LogP contribution in [0.15, 0.2) is 52.2 Å². The third kappa shape index (κ3) is 8.33. The lowest BCUT2D eigenvalue weighted by Gasteiger charge is -2.33. The second kappa shape index (κ2) is 12.7. The van der Waals surface area contributed by atoms with Crippen molar-refractivity contribution in [2.75, 3.05) is 32.6 Å². The van der Waals surface area contributed by atoms with Crippen LogP contribution in [0.5, 0.6) is 0 Å². The van der Waals surface area contributed by atoms with Gasteiger partial charge >= 0.3 is 6.36 Å². The van der Waals surface area contributed by atoms with E-state index in [-0.39, 0.29) is 24.5 Å². The number of hydrogen-bond acceptors (Lipinski definition) is 8. The van der Waals surface area contributed by atoms with E-state index in [4.69, 9.17) is 9.47 Å². The SMILES string of the molecule is CCN=C/C(F)=C(\COC1=CC=C(OC(F)(F)F)CC1(C)OC)C(=O)Nc1ccc(F)c(C(O)NC)n1. The molecule has 2 atom stereocenters. The van der Waals surface area contributed by atoms with Crippen molar-refractivity contribution in [2.24, 2.45) is 4.99 Å². The van der Waals surface area contributed by atoms with Gasteiger partial charge in [-0.15, -0.1) is 13.2 Å². The Morgan fingerprint density at radius 2 is 2.05 bits per heavy atom. The van der Waals surface area contributed by atoms with E-state index in [0.717, 1.165) is 30.5 Å². The zero-order chi connectivity index (χ0) is 27.8. The predicted octanol–water partition coefficient (Wildman–Crippen LogP) is 3.81. The first-order chi connectivity index (χ1) is 17.3. The van der Waals surface area contributed by atoms with E-state index < -0.39 is 59.4 Å². The Hall–Kier alpha value is -3.36. The van der Waals surface area contributed by atoms with Crippen LogP contribution in [-0.2, 0) is 19.0 Å². The van der Waals surface area contributed by atoms with E-state index in [1.165, 1.54) is 21.1 Å². The Bertz CT molecular complexity index is 1100. The number of ether oxygens (including phenoxy) is 3. The van der Waals surface area contributed by atoms with Gasteiger partial charge in [-0.05, 0) is 45.2 Å². The maximum atomic E-state index is 14.9. The van der Waals surface area contributed by atoms with Crippen molar-refractivity contribution in [2.45, 2.75) is 38.5 Å². The second-order valence-corrected chi connectivity index (χ2v) is 7.78. The quantitative estimate of drug-likeness (QED) is 0.171. The van der Waals surface area contributed by atoms with Gasteiger partial charge in [-0.1, -0.05) is 0 Å². The number of aliphatic imine (C=N–C) groups is 1. The molecule has 2 unspecified atom stereocenters. The smallest absolute Gasteiger partial charge is 0.490 e. The minimum Gasteiger partial charge on any atom is -0.490 e. The molecule has 1 aromatic heterocycles. The van der Waals surface area contributed by atoms with Crippen molar-refractivity contribution in [3.05, 3.63) is 58.7 Å². The summed E-state index contributed by atoms with van der Waals surface area (Å²) in [6.07, 6.45) is -3.72. The highest BCUT2D eigenvalue weighted by Crippen LogP contribution is 2.36. The molecule has 9 nitrogen and oxygen atoms in total. The van der Waals surface area contributed by atoms with Gasteiger partial charge in [-0.2, -0.15) is 0 Å². The highest BCUT2D eigenvalue weighted by atomic mass is 19.4. The molecule has 3 N–H and O–H groups in total. The van der Waals surface area contributed by atoms with Crippen molar-refractivity contribution in [1.29, 1.82) is 0 Å². The molecule has 14 heteroatoms. The zero-order valence-corrected chi connectivity index (χ0v) is 20.4. The van der Waals surface area contributed by atoms with Gasteiger partial charge in [0.2, 0.25) is 0 Å². The molecule has 1 aromatic rings. The van der Waals surface area contributed by atoms with Gasteiger partial charge in [0.05, 0.1) is 11.8 Å². The number of methoxy groups -OCH3 is 1. The summed E-state index contributed by atoms with van der Waals surface area (Å²) in [6, 6.07) is 2.06. The number of halogens is 5. The number of aliphatic hydroxyl groups is 1. The van der Waals surface area contributed by atoms with Crippen LogP contribution in [0.25, 0.3) is 0 Å². The number of nitrogens with one attached hydrogen (secondary N) is 2. The molecule has 0 aromatic carbocycles. The number of anilines is 1. The highest BCUT2D eigenvalue weighted by molar-refractivity contribution is 6.06. The summed E-state index contributed by atoms with van der Waals surface area (Å²) >= 11 is 0. The molecule has 0 aliphatic heterocycles. The number of pyridine rings is 1. The van der Waals surface area contributed by atoms with E-state index >= 15 is 0 Å². The summed E-state index contributed by atoms with van der Waals surface area (Å²) in [4.78, 5) is 20.5. The normalized spacial score (nSPS) is 19.6. The van der Waals surface area contributed by atoms with E-state index in [1.54, 1.807) is 6.92 Å². The molecule has 1 aliphatic carbocycles. The van der Waals surface area contributed by atoms with Crippen LogP contribution in [0.4, 0.5) is 27.8 Å². The Morgan fingerprint density at radius 1 is 1.35 bits per heavy atom. The maximum Gasteiger partial charge on any atom is 0.572 e. The van der Waals surface area contributed by atoms with E-state index in [1.807, 2.05) is 0 Å². The van der Waals surface area contributed by atoms with E-state index in [9.17, 15) is 31.9 Å². The zero-order valence-electron chi connectivity index (χ0n) is 20.4. The number of aromatic nitrogens is 1. The Morgan fingerprint density at radius 3 is 2.65 bits per heavy atom. The molecule has 1 amide bonds. The number of amides is 1. The van der Waals surface area contributed by atoms with Crippen LogP contribution >= 0.6 is 0 Å².